The Bertz CT molecular complexity index is 949. The number of rotatable bonds is 2. The third-order valence-corrected chi connectivity index (χ3v) is 4.96. The number of nitrogens with zero attached hydrogens (tertiary/aromatic N) is 4. The zero-order valence-corrected chi connectivity index (χ0v) is 12.9. The van der Waals surface area contributed by atoms with Crippen LogP contribution in [0.3, 0.4) is 0 Å². The molecule has 0 saturated heterocycles. The largest absolute Gasteiger partial charge is 0.236 e. The van der Waals surface area contributed by atoms with Crippen LogP contribution in [0.15, 0.2) is 52.1 Å². The molecule has 21 heavy (non-hydrogen) atoms. The standard InChI is InChI=1S/C14H7ClN4S2/c15-14-18-12-9(5-6-20-12)13(19-14)21-11-8-3-1-2-4-10(8)16-7-17-11/h1-7H. The Morgan fingerprint density at radius 1 is 0.952 bits per heavy atom. The molecule has 0 spiro atoms. The lowest BCUT2D eigenvalue weighted by Gasteiger charge is -2.05. The fraction of sp³-hybridized carbons (Fsp3) is 0. The lowest BCUT2D eigenvalue weighted by molar-refractivity contribution is 1.07. The van der Waals surface area contributed by atoms with Crippen LogP contribution in [-0.4, -0.2) is 19.9 Å². The molecule has 0 atom stereocenters. The highest BCUT2D eigenvalue weighted by Crippen LogP contribution is 2.35. The molecule has 3 heterocycles. The molecule has 0 radical (unpaired) electrons. The van der Waals surface area contributed by atoms with E-state index in [0.29, 0.717) is 0 Å². The molecule has 0 aliphatic heterocycles. The minimum Gasteiger partial charge on any atom is -0.236 e. The van der Waals surface area contributed by atoms with Crippen LogP contribution in [0.25, 0.3) is 21.1 Å². The molecule has 0 aliphatic carbocycles. The second-order valence-electron chi connectivity index (χ2n) is 4.24. The molecule has 0 N–H and O–H groups in total. The highest BCUT2D eigenvalue weighted by atomic mass is 35.5. The Morgan fingerprint density at radius 2 is 1.86 bits per heavy atom. The number of hydrogen-bond acceptors (Lipinski definition) is 6. The molecule has 0 saturated carbocycles. The SMILES string of the molecule is Clc1nc(Sc2ncnc3ccccc23)c2ccsc2n1. The molecule has 0 unspecified atom stereocenters. The Labute approximate surface area is 133 Å². The van der Waals surface area contributed by atoms with Gasteiger partial charge in [-0.25, -0.2) is 19.9 Å². The second-order valence-corrected chi connectivity index (χ2v) is 6.45. The fourth-order valence-electron chi connectivity index (χ4n) is 2.03. The molecule has 4 rings (SSSR count). The number of para-hydroxylation sites is 1. The van der Waals surface area contributed by atoms with E-state index in [1.807, 2.05) is 35.7 Å². The normalized spacial score (nSPS) is 11.3. The van der Waals surface area contributed by atoms with Crippen molar-refractivity contribution in [3.63, 3.8) is 0 Å². The molecule has 4 nitrogen and oxygen atoms in total. The first kappa shape index (κ1) is 12.9. The van der Waals surface area contributed by atoms with Crippen molar-refractivity contribution in [2.45, 2.75) is 10.1 Å². The summed E-state index contributed by atoms with van der Waals surface area (Å²) in [5.41, 5.74) is 0.914. The Balaban J connectivity index is 1.89. The molecule has 0 bridgehead atoms. The van der Waals surface area contributed by atoms with E-state index < -0.39 is 0 Å². The van der Waals surface area contributed by atoms with E-state index >= 15 is 0 Å². The number of aromatic nitrogens is 4. The molecule has 7 heteroatoms. The number of hydrogen-bond donors (Lipinski definition) is 0. The van der Waals surface area contributed by atoms with Crippen LogP contribution in [0.2, 0.25) is 5.28 Å². The summed E-state index contributed by atoms with van der Waals surface area (Å²) in [6, 6.07) is 9.91. The van der Waals surface area contributed by atoms with Crippen molar-refractivity contribution in [1.29, 1.82) is 0 Å². The number of fused-ring (bicyclic) bond motifs is 2. The first-order chi connectivity index (χ1) is 10.3. The van der Waals surface area contributed by atoms with Crippen LogP contribution in [0, 0.1) is 0 Å². The average molecular weight is 331 g/mol. The first-order valence-electron chi connectivity index (χ1n) is 6.09. The van der Waals surface area contributed by atoms with Gasteiger partial charge in [-0.2, -0.15) is 0 Å². The van der Waals surface area contributed by atoms with Crippen molar-refractivity contribution >= 4 is 55.8 Å². The van der Waals surface area contributed by atoms with Gasteiger partial charge < -0.3 is 0 Å². The van der Waals surface area contributed by atoms with Crippen LogP contribution in [-0.2, 0) is 0 Å². The van der Waals surface area contributed by atoms with Crippen molar-refractivity contribution in [3.05, 3.63) is 47.3 Å². The van der Waals surface area contributed by atoms with Gasteiger partial charge in [0.2, 0.25) is 5.28 Å². The Hall–Kier alpha value is -1.76. The molecule has 0 aliphatic rings. The summed E-state index contributed by atoms with van der Waals surface area (Å²) in [7, 11) is 0. The van der Waals surface area contributed by atoms with Gasteiger partial charge >= 0.3 is 0 Å². The van der Waals surface area contributed by atoms with Crippen LogP contribution in [0.5, 0.6) is 0 Å². The van der Waals surface area contributed by atoms with Crippen molar-refractivity contribution in [3.8, 4) is 0 Å². The zero-order valence-electron chi connectivity index (χ0n) is 10.5. The minimum absolute atomic E-state index is 0.255. The van der Waals surface area contributed by atoms with Crippen molar-refractivity contribution in [1.82, 2.24) is 19.9 Å². The van der Waals surface area contributed by atoms with Crippen molar-refractivity contribution in [2.24, 2.45) is 0 Å². The van der Waals surface area contributed by atoms with Gasteiger partial charge in [0.15, 0.2) is 0 Å². The highest BCUT2D eigenvalue weighted by Gasteiger charge is 2.12. The third kappa shape index (κ3) is 2.35. The summed E-state index contributed by atoms with van der Waals surface area (Å²) in [5.74, 6) is 0. The van der Waals surface area contributed by atoms with Crippen LogP contribution < -0.4 is 0 Å². The fourth-order valence-corrected chi connectivity index (χ4v) is 4.10. The van der Waals surface area contributed by atoms with Gasteiger partial charge in [-0.15, -0.1) is 11.3 Å². The lowest BCUT2D eigenvalue weighted by atomic mass is 10.2. The summed E-state index contributed by atoms with van der Waals surface area (Å²) >= 11 is 9.04. The molecular formula is C14H7ClN4S2. The van der Waals surface area contributed by atoms with E-state index in [4.69, 9.17) is 11.6 Å². The van der Waals surface area contributed by atoms with Crippen molar-refractivity contribution < 1.29 is 0 Å². The van der Waals surface area contributed by atoms with E-state index in [1.54, 1.807) is 17.7 Å². The van der Waals surface area contributed by atoms with Crippen molar-refractivity contribution in [2.75, 3.05) is 0 Å². The summed E-state index contributed by atoms with van der Waals surface area (Å²) < 4.78 is 0. The maximum Gasteiger partial charge on any atom is 0.224 e. The highest BCUT2D eigenvalue weighted by molar-refractivity contribution is 7.99. The smallest absolute Gasteiger partial charge is 0.224 e. The van der Waals surface area contributed by atoms with Gasteiger partial charge in [-0.1, -0.05) is 18.2 Å². The Kier molecular flexibility index (Phi) is 3.21. The second kappa shape index (κ2) is 5.22. The predicted octanol–water partition coefficient (Wildman–Crippen LogP) is 4.44. The summed E-state index contributed by atoms with van der Waals surface area (Å²) in [6.45, 7) is 0. The topological polar surface area (TPSA) is 51.6 Å². The molecular weight excluding hydrogens is 324 g/mol. The maximum absolute atomic E-state index is 6.00. The van der Waals surface area contributed by atoms with Gasteiger partial charge in [0.05, 0.1) is 5.52 Å². The quantitative estimate of drug-likeness (QED) is 0.402. The molecule has 3 aromatic heterocycles. The lowest BCUT2D eigenvalue weighted by Crippen LogP contribution is -1.90. The number of halogens is 1. The maximum atomic E-state index is 6.00. The van der Waals surface area contributed by atoms with Gasteiger partial charge in [-0.05, 0) is 40.9 Å². The first-order valence-corrected chi connectivity index (χ1v) is 8.17. The van der Waals surface area contributed by atoms with Crippen LogP contribution in [0.1, 0.15) is 0 Å². The monoisotopic (exact) mass is 330 g/mol. The molecule has 102 valence electrons. The molecule has 0 amide bonds. The van der Waals surface area contributed by atoms with E-state index in [9.17, 15) is 0 Å². The number of thiophene rings is 1. The average Bonchev–Trinajstić information content (AvgIpc) is 2.96. The summed E-state index contributed by atoms with van der Waals surface area (Å²) in [4.78, 5) is 18.1. The van der Waals surface area contributed by atoms with E-state index in [0.717, 1.165) is 31.2 Å². The summed E-state index contributed by atoms with van der Waals surface area (Å²) in [5, 5.41) is 5.92. The molecule has 0 fully saturated rings. The summed E-state index contributed by atoms with van der Waals surface area (Å²) in [6.07, 6.45) is 1.57. The third-order valence-electron chi connectivity index (χ3n) is 2.96. The van der Waals surface area contributed by atoms with Gasteiger partial charge in [0.1, 0.15) is 21.2 Å². The van der Waals surface area contributed by atoms with Crippen LogP contribution in [0.4, 0.5) is 0 Å². The minimum atomic E-state index is 0.255. The molecule has 1 aromatic carbocycles. The van der Waals surface area contributed by atoms with Gasteiger partial charge in [-0.3, -0.25) is 0 Å². The van der Waals surface area contributed by atoms with E-state index in [2.05, 4.69) is 19.9 Å². The molecule has 4 aromatic rings. The zero-order chi connectivity index (χ0) is 14.2. The Morgan fingerprint density at radius 3 is 2.81 bits per heavy atom. The van der Waals surface area contributed by atoms with Gasteiger partial charge in [0, 0.05) is 10.8 Å². The van der Waals surface area contributed by atoms with E-state index in [1.165, 1.54) is 11.8 Å². The van der Waals surface area contributed by atoms with Gasteiger partial charge in [0.25, 0.3) is 0 Å². The number of benzene rings is 1. The predicted molar refractivity (Wildman–Crippen MR) is 86.1 cm³/mol. The van der Waals surface area contributed by atoms with Crippen LogP contribution >= 0.6 is 34.7 Å². The van der Waals surface area contributed by atoms with E-state index in [-0.39, 0.29) is 5.28 Å².